The van der Waals surface area contributed by atoms with Crippen LogP contribution in [0.2, 0.25) is 0 Å². The van der Waals surface area contributed by atoms with Crippen LogP contribution in [0.4, 0.5) is 0 Å². The number of likely N-dealkylation sites (N-methyl/N-ethyl adjacent to an activating group) is 1. The summed E-state index contributed by atoms with van der Waals surface area (Å²) < 4.78 is 10.6. The Morgan fingerprint density at radius 1 is 1.55 bits per heavy atom. The van der Waals surface area contributed by atoms with E-state index >= 15 is 0 Å². The van der Waals surface area contributed by atoms with Gasteiger partial charge in [0.15, 0.2) is 0 Å². The highest BCUT2D eigenvalue weighted by atomic mass is 32.1. The van der Waals surface area contributed by atoms with Gasteiger partial charge in [-0.25, -0.2) is 4.98 Å². The minimum atomic E-state index is -0.510. The van der Waals surface area contributed by atoms with E-state index < -0.39 is 6.10 Å². The number of aryl methyl sites for hydroxylation is 1. The molecule has 6 heteroatoms. The highest BCUT2D eigenvalue weighted by molar-refractivity contribution is 7.11. The molecule has 0 aliphatic rings. The van der Waals surface area contributed by atoms with Gasteiger partial charge in [-0.1, -0.05) is 0 Å². The number of thiazole rings is 1. The van der Waals surface area contributed by atoms with E-state index in [1.54, 1.807) is 17.6 Å². The average molecular weight is 296 g/mol. The van der Waals surface area contributed by atoms with Gasteiger partial charge in [0.2, 0.25) is 0 Å². The Hall–Kier alpha value is -1.21. The summed E-state index contributed by atoms with van der Waals surface area (Å²) in [6, 6.07) is 3.67. The maximum atomic E-state index is 9.92. The molecule has 0 bridgehead atoms. The fourth-order valence-corrected chi connectivity index (χ4v) is 2.79. The van der Waals surface area contributed by atoms with Gasteiger partial charge in [0, 0.05) is 24.2 Å². The molecule has 0 saturated heterocycles. The second kappa shape index (κ2) is 7.54. The van der Waals surface area contributed by atoms with Gasteiger partial charge in [-0.15, -0.1) is 11.3 Å². The van der Waals surface area contributed by atoms with Gasteiger partial charge < -0.3 is 14.3 Å². The van der Waals surface area contributed by atoms with E-state index in [0.29, 0.717) is 19.8 Å². The number of aromatic nitrogens is 1. The van der Waals surface area contributed by atoms with Crippen molar-refractivity contribution in [3.63, 3.8) is 0 Å². The van der Waals surface area contributed by atoms with Crippen LogP contribution in [-0.4, -0.2) is 41.3 Å². The minimum absolute atomic E-state index is 0.298. The molecule has 0 saturated carbocycles. The fourth-order valence-electron chi connectivity index (χ4n) is 1.91. The molecule has 0 spiro atoms. The summed E-state index contributed by atoms with van der Waals surface area (Å²) in [7, 11) is 1.98. The van der Waals surface area contributed by atoms with E-state index in [-0.39, 0.29) is 0 Å². The zero-order valence-corrected chi connectivity index (χ0v) is 12.6. The van der Waals surface area contributed by atoms with Gasteiger partial charge in [-0.05, 0) is 26.1 Å². The van der Waals surface area contributed by atoms with Gasteiger partial charge in [-0.3, -0.25) is 4.90 Å². The Labute approximate surface area is 122 Å². The molecule has 0 amide bonds. The van der Waals surface area contributed by atoms with Gasteiger partial charge >= 0.3 is 0 Å². The highest BCUT2D eigenvalue weighted by Crippen LogP contribution is 2.13. The van der Waals surface area contributed by atoms with Crippen molar-refractivity contribution >= 4 is 11.3 Å². The number of aliphatic hydroxyl groups excluding tert-OH is 1. The highest BCUT2D eigenvalue weighted by Gasteiger charge is 2.10. The summed E-state index contributed by atoms with van der Waals surface area (Å²) in [6.45, 7) is 4.04. The molecule has 2 aromatic rings. The van der Waals surface area contributed by atoms with Crippen molar-refractivity contribution in [2.75, 3.05) is 20.2 Å². The molecule has 2 aromatic heterocycles. The zero-order chi connectivity index (χ0) is 14.4. The van der Waals surface area contributed by atoms with E-state index in [1.807, 2.05) is 32.3 Å². The van der Waals surface area contributed by atoms with Crippen molar-refractivity contribution in [1.82, 2.24) is 9.88 Å². The van der Waals surface area contributed by atoms with Crippen LogP contribution >= 0.6 is 11.3 Å². The molecular formula is C14H20N2O3S. The number of ether oxygens (including phenoxy) is 1. The Morgan fingerprint density at radius 2 is 2.40 bits per heavy atom. The van der Waals surface area contributed by atoms with Crippen molar-refractivity contribution < 1.29 is 14.3 Å². The molecule has 0 radical (unpaired) electrons. The quantitative estimate of drug-likeness (QED) is 0.808. The Kier molecular flexibility index (Phi) is 5.72. The first-order valence-corrected chi connectivity index (χ1v) is 7.33. The van der Waals surface area contributed by atoms with Crippen LogP contribution in [0.15, 0.2) is 29.0 Å². The number of nitrogens with zero attached hydrogens (tertiary/aromatic N) is 2. The third-order valence-corrected chi connectivity index (χ3v) is 3.65. The second-order valence-corrected chi connectivity index (χ2v) is 6.11. The second-order valence-electron chi connectivity index (χ2n) is 4.79. The zero-order valence-electron chi connectivity index (χ0n) is 11.8. The number of rotatable bonds is 8. The van der Waals surface area contributed by atoms with Gasteiger partial charge in [0.1, 0.15) is 12.4 Å². The SMILES string of the molecule is Cc1ncc(CN(C)CC(O)COCc2ccco2)s1. The molecule has 0 fully saturated rings. The largest absolute Gasteiger partial charge is 0.467 e. The summed E-state index contributed by atoms with van der Waals surface area (Å²) in [4.78, 5) is 7.49. The molecule has 0 aliphatic heterocycles. The Morgan fingerprint density at radius 3 is 3.05 bits per heavy atom. The monoisotopic (exact) mass is 296 g/mol. The number of hydrogen-bond donors (Lipinski definition) is 1. The molecular weight excluding hydrogens is 276 g/mol. The third-order valence-electron chi connectivity index (χ3n) is 2.75. The van der Waals surface area contributed by atoms with Crippen LogP contribution in [0.1, 0.15) is 15.6 Å². The number of aliphatic hydroxyl groups is 1. The van der Waals surface area contributed by atoms with Crippen molar-refractivity contribution in [3.05, 3.63) is 40.2 Å². The van der Waals surface area contributed by atoms with Gasteiger partial charge in [0.25, 0.3) is 0 Å². The topological polar surface area (TPSA) is 58.7 Å². The van der Waals surface area contributed by atoms with E-state index in [9.17, 15) is 5.11 Å². The van der Waals surface area contributed by atoms with E-state index in [0.717, 1.165) is 17.3 Å². The lowest BCUT2D eigenvalue weighted by Crippen LogP contribution is -2.31. The molecule has 20 heavy (non-hydrogen) atoms. The molecule has 0 aliphatic carbocycles. The first-order valence-electron chi connectivity index (χ1n) is 6.51. The van der Waals surface area contributed by atoms with E-state index in [1.165, 1.54) is 4.88 Å². The predicted octanol–water partition coefficient (Wildman–Crippen LogP) is 2.05. The summed E-state index contributed by atoms with van der Waals surface area (Å²) in [5.41, 5.74) is 0. The summed E-state index contributed by atoms with van der Waals surface area (Å²) >= 11 is 1.68. The molecule has 0 aromatic carbocycles. The van der Waals surface area contributed by atoms with E-state index in [2.05, 4.69) is 9.88 Å². The minimum Gasteiger partial charge on any atom is -0.467 e. The lowest BCUT2D eigenvalue weighted by atomic mass is 10.3. The maximum absolute atomic E-state index is 9.92. The molecule has 2 rings (SSSR count). The molecule has 1 unspecified atom stereocenters. The molecule has 1 atom stereocenters. The van der Waals surface area contributed by atoms with Crippen molar-refractivity contribution in [2.45, 2.75) is 26.2 Å². The van der Waals surface area contributed by atoms with Crippen LogP contribution in [-0.2, 0) is 17.9 Å². The van der Waals surface area contributed by atoms with Crippen LogP contribution in [0.3, 0.4) is 0 Å². The standard InChI is InChI=1S/C14H20N2O3S/c1-11-15-6-14(20-11)8-16(2)7-12(17)9-18-10-13-4-3-5-19-13/h3-6,12,17H,7-10H2,1-2H3. The van der Waals surface area contributed by atoms with Crippen molar-refractivity contribution in [1.29, 1.82) is 0 Å². The average Bonchev–Trinajstić information content (AvgIpc) is 3.01. The smallest absolute Gasteiger partial charge is 0.129 e. The Bertz CT molecular complexity index is 498. The van der Waals surface area contributed by atoms with E-state index in [4.69, 9.17) is 9.15 Å². The van der Waals surface area contributed by atoms with Crippen LogP contribution in [0.5, 0.6) is 0 Å². The molecule has 110 valence electrons. The normalized spacial score (nSPS) is 13.0. The fraction of sp³-hybridized carbons (Fsp3) is 0.500. The summed E-state index contributed by atoms with van der Waals surface area (Å²) in [6.07, 6.45) is 2.99. The molecule has 2 heterocycles. The third kappa shape index (κ3) is 5.05. The summed E-state index contributed by atoms with van der Waals surface area (Å²) in [5.74, 6) is 0.769. The van der Waals surface area contributed by atoms with Crippen LogP contribution < -0.4 is 0 Å². The van der Waals surface area contributed by atoms with Crippen molar-refractivity contribution in [3.8, 4) is 0 Å². The van der Waals surface area contributed by atoms with Crippen LogP contribution in [0.25, 0.3) is 0 Å². The lowest BCUT2D eigenvalue weighted by Gasteiger charge is -2.19. The first kappa shape index (κ1) is 15.2. The lowest BCUT2D eigenvalue weighted by molar-refractivity contribution is 0.00778. The Balaban J connectivity index is 1.64. The number of furan rings is 1. The predicted molar refractivity (Wildman–Crippen MR) is 77.6 cm³/mol. The summed E-state index contributed by atoms with van der Waals surface area (Å²) in [5, 5.41) is 11.0. The van der Waals surface area contributed by atoms with Gasteiger partial charge in [0.05, 0.1) is 24.0 Å². The van der Waals surface area contributed by atoms with Crippen LogP contribution in [0, 0.1) is 6.92 Å². The number of hydrogen-bond acceptors (Lipinski definition) is 6. The maximum Gasteiger partial charge on any atom is 0.129 e. The van der Waals surface area contributed by atoms with Gasteiger partial charge in [-0.2, -0.15) is 0 Å². The molecule has 5 nitrogen and oxygen atoms in total. The molecule has 1 N–H and O–H groups in total. The first-order chi connectivity index (χ1) is 9.63. The van der Waals surface area contributed by atoms with Crippen molar-refractivity contribution in [2.24, 2.45) is 0 Å².